The number of benzene rings is 2. The standard InChI is InChI=1S/C14H11BrFNO2/c1-19-10-5-2-4-9(8-10)17-14(18)11-6-3-7-12(16)13(11)15/h2-8H,1H3,(H,17,18). The smallest absolute Gasteiger partial charge is 0.256 e. The fourth-order valence-electron chi connectivity index (χ4n) is 1.58. The average molecular weight is 324 g/mol. The summed E-state index contributed by atoms with van der Waals surface area (Å²) in [6, 6.07) is 11.3. The van der Waals surface area contributed by atoms with Crippen molar-refractivity contribution in [3.63, 3.8) is 0 Å². The lowest BCUT2D eigenvalue weighted by molar-refractivity contribution is 0.102. The van der Waals surface area contributed by atoms with Crippen molar-refractivity contribution >= 4 is 27.5 Å². The molecule has 2 rings (SSSR count). The normalized spacial score (nSPS) is 10.1. The van der Waals surface area contributed by atoms with Gasteiger partial charge in [0, 0.05) is 11.8 Å². The van der Waals surface area contributed by atoms with E-state index in [1.807, 2.05) is 0 Å². The van der Waals surface area contributed by atoms with Crippen LogP contribution in [0.4, 0.5) is 10.1 Å². The topological polar surface area (TPSA) is 38.3 Å². The zero-order valence-corrected chi connectivity index (χ0v) is 11.7. The number of hydrogen-bond acceptors (Lipinski definition) is 2. The molecular formula is C14H11BrFNO2. The number of nitrogens with one attached hydrogen (secondary N) is 1. The van der Waals surface area contributed by atoms with Crippen molar-refractivity contribution < 1.29 is 13.9 Å². The van der Waals surface area contributed by atoms with Crippen LogP contribution in [0.25, 0.3) is 0 Å². The van der Waals surface area contributed by atoms with Crippen LogP contribution in [0.5, 0.6) is 5.75 Å². The van der Waals surface area contributed by atoms with Gasteiger partial charge in [-0.05, 0) is 40.2 Å². The maximum atomic E-state index is 13.4. The van der Waals surface area contributed by atoms with Crippen molar-refractivity contribution in [1.82, 2.24) is 0 Å². The highest BCUT2D eigenvalue weighted by atomic mass is 79.9. The van der Waals surface area contributed by atoms with Gasteiger partial charge in [0.05, 0.1) is 17.1 Å². The second kappa shape index (κ2) is 5.84. The molecule has 0 bridgehead atoms. The number of anilines is 1. The van der Waals surface area contributed by atoms with Crippen molar-refractivity contribution in [3.05, 3.63) is 58.3 Å². The van der Waals surface area contributed by atoms with Crippen LogP contribution in [0.2, 0.25) is 0 Å². The number of methoxy groups -OCH3 is 1. The first-order valence-electron chi connectivity index (χ1n) is 5.51. The number of hydrogen-bond donors (Lipinski definition) is 1. The van der Waals surface area contributed by atoms with Gasteiger partial charge in [0.15, 0.2) is 0 Å². The van der Waals surface area contributed by atoms with Crippen LogP contribution in [-0.4, -0.2) is 13.0 Å². The highest BCUT2D eigenvalue weighted by Gasteiger charge is 2.13. The first-order chi connectivity index (χ1) is 9.11. The van der Waals surface area contributed by atoms with Crippen LogP contribution in [0.15, 0.2) is 46.9 Å². The van der Waals surface area contributed by atoms with E-state index in [1.165, 1.54) is 12.1 Å². The lowest BCUT2D eigenvalue weighted by Crippen LogP contribution is -2.13. The number of amides is 1. The van der Waals surface area contributed by atoms with E-state index >= 15 is 0 Å². The number of carbonyl (C=O) groups excluding carboxylic acids is 1. The van der Waals surface area contributed by atoms with Crippen molar-refractivity contribution in [1.29, 1.82) is 0 Å². The molecular weight excluding hydrogens is 313 g/mol. The van der Waals surface area contributed by atoms with Crippen molar-refractivity contribution in [2.45, 2.75) is 0 Å². The molecule has 0 saturated carbocycles. The predicted octanol–water partition coefficient (Wildman–Crippen LogP) is 3.85. The first kappa shape index (κ1) is 13.5. The Morgan fingerprint density at radius 1 is 1.26 bits per heavy atom. The van der Waals surface area contributed by atoms with Gasteiger partial charge in [-0.3, -0.25) is 4.79 Å². The van der Waals surface area contributed by atoms with E-state index in [9.17, 15) is 9.18 Å². The molecule has 0 atom stereocenters. The third-order valence-electron chi connectivity index (χ3n) is 2.52. The summed E-state index contributed by atoms with van der Waals surface area (Å²) >= 11 is 3.06. The maximum absolute atomic E-state index is 13.4. The summed E-state index contributed by atoms with van der Waals surface area (Å²) in [7, 11) is 1.55. The molecule has 0 radical (unpaired) electrons. The lowest BCUT2D eigenvalue weighted by atomic mass is 10.2. The largest absolute Gasteiger partial charge is 0.497 e. The van der Waals surface area contributed by atoms with Gasteiger partial charge >= 0.3 is 0 Å². The summed E-state index contributed by atoms with van der Waals surface area (Å²) < 4.78 is 18.6. The third kappa shape index (κ3) is 3.12. The SMILES string of the molecule is COc1cccc(NC(=O)c2cccc(F)c2Br)c1. The fourth-order valence-corrected chi connectivity index (χ4v) is 2.02. The Hall–Kier alpha value is -1.88. The van der Waals surface area contributed by atoms with Crippen molar-refractivity contribution in [2.24, 2.45) is 0 Å². The second-order valence-electron chi connectivity index (χ2n) is 3.79. The van der Waals surface area contributed by atoms with Crippen LogP contribution in [-0.2, 0) is 0 Å². The summed E-state index contributed by atoms with van der Waals surface area (Å²) in [6.07, 6.45) is 0. The Kier molecular flexibility index (Phi) is 4.16. The minimum absolute atomic E-state index is 0.149. The molecule has 98 valence electrons. The Labute approximate surface area is 118 Å². The molecule has 0 fully saturated rings. The third-order valence-corrected chi connectivity index (χ3v) is 3.33. The minimum atomic E-state index is -0.474. The molecule has 0 heterocycles. The Morgan fingerprint density at radius 2 is 2.00 bits per heavy atom. The van der Waals surface area contributed by atoms with Gasteiger partial charge in [-0.25, -0.2) is 4.39 Å². The van der Waals surface area contributed by atoms with Crippen LogP contribution in [0.3, 0.4) is 0 Å². The van der Waals surface area contributed by atoms with E-state index in [4.69, 9.17) is 4.74 Å². The molecule has 0 saturated heterocycles. The van der Waals surface area contributed by atoms with Crippen LogP contribution in [0, 0.1) is 5.82 Å². The first-order valence-corrected chi connectivity index (χ1v) is 6.30. The number of ether oxygens (including phenoxy) is 1. The van der Waals surface area contributed by atoms with Crippen LogP contribution in [0.1, 0.15) is 10.4 Å². The highest BCUT2D eigenvalue weighted by Crippen LogP contribution is 2.22. The van der Waals surface area contributed by atoms with E-state index < -0.39 is 5.82 Å². The summed E-state index contributed by atoms with van der Waals surface area (Å²) in [5.74, 6) is -0.228. The Bertz CT molecular complexity index is 616. The summed E-state index contributed by atoms with van der Waals surface area (Å²) in [4.78, 5) is 12.0. The van der Waals surface area contributed by atoms with E-state index in [0.29, 0.717) is 11.4 Å². The van der Waals surface area contributed by atoms with Gasteiger partial charge in [-0.1, -0.05) is 12.1 Å². The van der Waals surface area contributed by atoms with Gasteiger partial charge in [-0.15, -0.1) is 0 Å². The van der Waals surface area contributed by atoms with E-state index in [0.717, 1.165) is 0 Å². The molecule has 2 aromatic carbocycles. The van der Waals surface area contributed by atoms with Gasteiger partial charge in [0.2, 0.25) is 0 Å². The summed E-state index contributed by atoms with van der Waals surface area (Å²) in [5, 5.41) is 2.69. The quantitative estimate of drug-likeness (QED) is 0.931. The zero-order chi connectivity index (χ0) is 13.8. The molecule has 19 heavy (non-hydrogen) atoms. The molecule has 1 N–H and O–H groups in total. The highest BCUT2D eigenvalue weighted by molar-refractivity contribution is 9.10. The van der Waals surface area contributed by atoms with Crippen LogP contribution >= 0.6 is 15.9 Å². The van der Waals surface area contributed by atoms with Gasteiger partial charge in [-0.2, -0.15) is 0 Å². The molecule has 0 aliphatic carbocycles. The lowest BCUT2D eigenvalue weighted by Gasteiger charge is -2.08. The fraction of sp³-hybridized carbons (Fsp3) is 0.0714. The monoisotopic (exact) mass is 323 g/mol. The molecule has 0 aromatic heterocycles. The van der Waals surface area contributed by atoms with Gasteiger partial charge in [0.25, 0.3) is 5.91 Å². The molecule has 0 unspecified atom stereocenters. The molecule has 2 aromatic rings. The molecule has 0 aliphatic rings. The van der Waals surface area contributed by atoms with Crippen molar-refractivity contribution in [2.75, 3.05) is 12.4 Å². The van der Waals surface area contributed by atoms with E-state index in [2.05, 4.69) is 21.2 Å². The van der Waals surface area contributed by atoms with Gasteiger partial charge < -0.3 is 10.1 Å². The van der Waals surface area contributed by atoms with Crippen molar-refractivity contribution in [3.8, 4) is 5.75 Å². The molecule has 3 nitrogen and oxygen atoms in total. The van der Waals surface area contributed by atoms with E-state index in [-0.39, 0.29) is 15.9 Å². The molecule has 0 spiro atoms. The second-order valence-corrected chi connectivity index (χ2v) is 4.58. The number of rotatable bonds is 3. The maximum Gasteiger partial charge on any atom is 0.256 e. The minimum Gasteiger partial charge on any atom is -0.497 e. The summed E-state index contributed by atoms with van der Waals surface area (Å²) in [5.41, 5.74) is 0.823. The Balaban J connectivity index is 2.23. The predicted molar refractivity (Wildman–Crippen MR) is 75.0 cm³/mol. The van der Waals surface area contributed by atoms with Gasteiger partial charge in [0.1, 0.15) is 11.6 Å². The molecule has 1 amide bonds. The summed E-state index contributed by atoms with van der Waals surface area (Å²) in [6.45, 7) is 0. The number of carbonyl (C=O) groups is 1. The average Bonchev–Trinajstić information content (AvgIpc) is 2.42. The zero-order valence-electron chi connectivity index (χ0n) is 10.1. The molecule has 0 aliphatic heterocycles. The Morgan fingerprint density at radius 3 is 2.74 bits per heavy atom. The molecule has 5 heteroatoms. The number of halogens is 2. The van der Waals surface area contributed by atoms with Crippen LogP contribution < -0.4 is 10.1 Å². The van der Waals surface area contributed by atoms with E-state index in [1.54, 1.807) is 37.4 Å².